The number of amides is 3. The molecule has 5 rings (SSSR count). The van der Waals surface area contributed by atoms with Gasteiger partial charge in [0.25, 0.3) is 0 Å². The monoisotopic (exact) mass is 624 g/mol. The summed E-state index contributed by atoms with van der Waals surface area (Å²) in [7, 11) is -2.30. The van der Waals surface area contributed by atoms with E-state index in [1.165, 1.54) is 23.5 Å². The molecule has 2 aliphatic rings. The molecule has 2 heterocycles. The number of aliphatic hydroxyl groups excluding tert-OH is 1. The highest BCUT2D eigenvalue weighted by molar-refractivity contribution is 7.89. The normalized spacial score (nSPS) is 18.8. The van der Waals surface area contributed by atoms with Crippen LogP contribution in [0.15, 0.2) is 71.6 Å². The van der Waals surface area contributed by atoms with Crippen molar-refractivity contribution in [3.05, 3.63) is 72.3 Å². The van der Waals surface area contributed by atoms with Gasteiger partial charge in [0, 0.05) is 42.5 Å². The van der Waals surface area contributed by atoms with Crippen molar-refractivity contribution in [2.24, 2.45) is 5.92 Å². The standard InChI is InChI=1S/C31H36N4O8S/c1-20-16-35(21(2)18-36)30(37)14-22-13-23(32-31(38)33-24-10-12-27-28(15-24)42-19-41-27)9-11-26(22)43-29(20)17-34(3)44(39,40)25-7-5-4-6-8-25/h4-13,15,20-21,29,36H,14,16-19H2,1-3H3,(H2,32,33,38)/t20-,21-,29-/m0/s1. The Hall–Kier alpha value is -4.33. The minimum absolute atomic E-state index is 0.0192. The second-order valence-corrected chi connectivity index (χ2v) is 13.0. The first-order valence-electron chi connectivity index (χ1n) is 14.2. The number of sulfonamides is 1. The van der Waals surface area contributed by atoms with Crippen molar-refractivity contribution in [1.29, 1.82) is 0 Å². The average molecular weight is 625 g/mol. The number of carbonyl (C=O) groups is 2. The Bertz CT molecular complexity index is 1620. The molecule has 12 nitrogen and oxygen atoms in total. The molecular weight excluding hydrogens is 588 g/mol. The Morgan fingerprint density at radius 1 is 1.02 bits per heavy atom. The number of likely N-dealkylation sites (N-methyl/N-ethyl adjacent to an activating group) is 1. The lowest BCUT2D eigenvalue weighted by Gasteiger charge is -2.33. The van der Waals surface area contributed by atoms with Gasteiger partial charge in [0.2, 0.25) is 22.7 Å². The van der Waals surface area contributed by atoms with Gasteiger partial charge in [0.1, 0.15) is 11.9 Å². The van der Waals surface area contributed by atoms with Gasteiger partial charge < -0.3 is 34.9 Å². The summed E-state index contributed by atoms with van der Waals surface area (Å²) in [4.78, 5) is 28.1. The van der Waals surface area contributed by atoms with Crippen LogP contribution < -0.4 is 24.8 Å². The molecule has 3 N–H and O–H groups in total. The first-order valence-corrected chi connectivity index (χ1v) is 15.7. The fraction of sp³-hybridized carbons (Fsp3) is 0.355. The van der Waals surface area contributed by atoms with E-state index in [0.717, 1.165) is 0 Å². The van der Waals surface area contributed by atoms with Crippen molar-refractivity contribution in [2.45, 2.75) is 37.3 Å². The number of benzene rings is 3. The van der Waals surface area contributed by atoms with Crippen molar-refractivity contribution in [3.63, 3.8) is 0 Å². The highest BCUT2D eigenvalue weighted by atomic mass is 32.2. The maximum Gasteiger partial charge on any atom is 0.323 e. The van der Waals surface area contributed by atoms with Gasteiger partial charge in [-0.25, -0.2) is 13.2 Å². The van der Waals surface area contributed by atoms with Crippen LogP contribution in [-0.2, 0) is 21.2 Å². The number of rotatable bonds is 8. The Morgan fingerprint density at radius 2 is 1.68 bits per heavy atom. The van der Waals surface area contributed by atoms with Gasteiger partial charge in [-0.3, -0.25) is 4.79 Å². The van der Waals surface area contributed by atoms with Crippen LogP contribution in [0.4, 0.5) is 16.2 Å². The molecule has 234 valence electrons. The van der Waals surface area contributed by atoms with Gasteiger partial charge in [-0.15, -0.1) is 0 Å². The van der Waals surface area contributed by atoms with Gasteiger partial charge in [-0.1, -0.05) is 25.1 Å². The maximum atomic E-state index is 13.5. The first kappa shape index (κ1) is 31.1. The zero-order valence-electron chi connectivity index (χ0n) is 24.7. The molecule has 3 aromatic carbocycles. The minimum atomic E-state index is -3.80. The lowest BCUT2D eigenvalue weighted by molar-refractivity contribution is -0.134. The molecule has 0 unspecified atom stereocenters. The molecule has 13 heteroatoms. The number of carbonyl (C=O) groups excluding carboxylic acids is 2. The van der Waals surface area contributed by atoms with Crippen molar-refractivity contribution in [3.8, 4) is 17.2 Å². The molecule has 44 heavy (non-hydrogen) atoms. The van der Waals surface area contributed by atoms with E-state index in [2.05, 4.69) is 10.6 Å². The van der Waals surface area contributed by atoms with Crippen LogP contribution in [0.5, 0.6) is 17.2 Å². The maximum absolute atomic E-state index is 13.5. The second kappa shape index (κ2) is 13.1. The largest absolute Gasteiger partial charge is 0.488 e. The zero-order chi connectivity index (χ0) is 31.4. The summed E-state index contributed by atoms with van der Waals surface area (Å²) in [6, 6.07) is 17.2. The number of hydrogen-bond donors (Lipinski definition) is 3. The van der Waals surface area contributed by atoms with E-state index in [4.69, 9.17) is 14.2 Å². The molecule has 0 saturated heterocycles. The molecular formula is C31H36N4O8S. The number of hydrogen-bond acceptors (Lipinski definition) is 8. The molecule has 0 aliphatic carbocycles. The molecule has 0 saturated carbocycles. The summed E-state index contributed by atoms with van der Waals surface area (Å²) >= 11 is 0. The quantitative estimate of drug-likeness (QED) is 0.345. The fourth-order valence-electron chi connectivity index (χ4n) is 5.12. The first-order chi connectivity index (χ1) is 21.0. The van der Waals surface area contributed by atoms with Crippen LogP contribution in [0, 0.1) is 5.92 Å². The third-order valence-electron chi connectivity index (χ3n) is 7.69. The Labute approximate surface area is 256 Å². The van der Waals surface area contributed by atoms with Crippen LogP contribution in [0.25, 0.3) is 0 Å². The van der Waals surface area contributed by atoms with E-state index in [1.54, 1.807) is 66.4 Å². The van der Waals surface area contributed by atoms with Crippen LogP contribution >= 0.6 is 0 Å². The van der Waals surface area contributed by atoms with E-state index in [1.807, 2.05) is 6.92 Å². The summed E-state index contributed by atoms with van der Waals surface area (Å²) in [5.74, 6) is 1.01. The molecule has 2 aliphatic heterocycles. The molecule has 0 spiro atoms. The molecule has 0 aromatic heterocycles. The Morgan fingerprint density at radius 3 is 2.39 bits per heavy atom. The van der Waals surface area contributed by atoms with Crippen LogP contribution in [-0.4, -0.2) is 80.4 Å². The topological polar surface area (TPSA) is 147 Å². The van der Waals surface area contributed by atoms with Crippen molar-refractivity contribution in [2.75, 3.05) is 44.2 Å². The van der Waals surface area contributed by atoms with E-state index in [0.29, 0.717) is 34.2 Å². The Kier molecular flexibility index (Phi) is 9.28. The summed E-state index contributed by atoms with van der Waals surface area (Å²) < 4.78 is 45.0. The highest BCUT2D eigenvalue weighted by Gasteiger charge is 2.33. The van der Waals surface area contributed by atoms with Crippen molar-refractivity contribution in [1.82, 2.24) is 9.21 Å². The SMILES string of the molecule is C[C@H]1CN([C@@H](C)CO)C(=O)Cc2cc(NC(=O)Nc3ccc4c(c3)OCO4)ccc2O[C@H]1CN(C)S(=O)(=O)c1ccccc1. The van der Waals surface area contributed by atoms with Gasteiger partial charge in [-0.2, -0.15) is 4.31 Å². The summed E-state index contributed by atoms with van der Waals surface area (Å²) in [6.07, 6.45) is -0.680. The van der Waals surface area contributed by atoms with Gasteiger partial charge >= 0.3 is 6.03 Å². The van der Waals surface area contributed by atoms with Crippen LogP contribution in [0.2, 0.25) is 0 Å². The number of urea groups is 1. The number of ether oxygens (including phenoxy) is 3. The van der Waals surface area contributed by atoms with Crippen molar-refractivity contribution >= 4 is 33.3 Å². The number of nitrogens with one attached hydrogen (secondary N) is 2. The third-order valence-corrected chi connectivity index (χ3v) is 9.53. The predicted octanol–water partition coefficient (Wildman–Crippen LogP) is 3.53. The van der Waals surface area contributed by atoms with E-state index >= 15 is 0 Å². The van der Waals surface area contributed by atoms with Crippen LogP contribution in [0.3, 0.4) is 0 Å². The molecule has 0 bridgehead atoms. The minimum Gasteiger partial charge on any atom is -0.488 e. The molecule has 0 radical (unpaired) electrons. The van der Waals surface area contributed by atoms with Gasteiger partial charge in [0.15, 0.2) is 11.5 Å². The molecule has 3 atom stereocenters. The lowest BCUT2D eigenvalue weighted by atomic mass is 10.0. The third kappa shape index (κ3) is 6.90. The smallest absolute Gasteiger partial charge is 0.323 e. The number of fused-ring (bicyclic) bond motifs is 2. The van der Waals surface area contributed by atoms with E-state index in [9.17, 15) is 23.1 Å². The summed E-state index contributed by atoms with van der Waals surface area (Å²) in [5.41, 5.74) is 1.44. The molecule has 3 amide bonds. The van der Waals surface area contributed by atoms with E-state index < -0.39 is 28.2 Å². The molecule has 0 fully saturated rings. The summed E-state index contributed by atoms with van der Waals surface area (Å²) in [5, 5.41) is 15.4. The number of aliphatic hydroxyl groups is 1. The number of nitrogens with zero attached hydrogens (tertiary/aromatic N) is 2. The molecule has 3 aromatic rings. The van der Waals surface area contributed by atoms with Gasteiger partial charge in [0.05, 0.1) is 30.5 Å². The zero-order valence-corrected chi connectivity index (χ0v) is 25.5. The van der Waals surface area contributed by atoms with Crippen molar-refractivity contribution < 1.29 is 37.3 Å². The van der Waals surface area contributed by atoms with Crippen LogP contribution in [0.1, 0.15) is 19.4 Å². The highest BCUT2D eigenvalue weighted by Crippen LogP contribution is 2.34. The van der Waals surface area contributed by atoms with E-state index in [-0.39, 0.29) is 49.6 Å². The second-order valence-electron chi connectivity index (χ2n) is 11.0. The fourth-order valence-corrected chi connectivity index (χ4v) is 6.32. The Balaban J connectivity index is 1.39. The predicted molar refractivity (Wildman–Crippen MR) is 163 cm³/mol. The summed E-state index contributed by atoms with van der Waals surface area (Å²) in [6.45, 7) is 3.80. The number of anilines is 2. The van der Waals surface area contributed by atoms with Gasteiger partial charge in [-0.05, 0) is 49.4 Å². The lowest BCUT2D eigenvalue weighted by Crippen LogP contribution is -2.48. The average Bonchev–Trinajstić information content (AvgIpc) is 3.49.